The molecule has 2 heterocycles. The Bertz CT molecular complexity index is 1440. The number of hydrogen-bond donors (Lipinski definition) is 1. The summed E-state index contributed by atoms with van der Waals surface area (Å²) in [4.78, 5) is 27.4. The van der Waals surface area contributed by atoms with Crippen LogP contribution in [0.1, 0.15) is 41.1 Å². The standard InChI is InChI=1S/C26H20ClN5O2S2/c27-17-11-9-15(10-12-17)21(34)14-35-26-31-30-25(36-26)32-19-7-4-8-20(33)23(19)22(18(13-28)24(32)29)16-5-2-1-3-6-16/h1-3,5-6,9-12,22H,4,7-8,14,29H2. The Balaban J connectivity index is 1.46. The minimum absolute atomic E-state index is 0.0167. The summed E-state index contributed by atoms with van der Waals surface area (Å²) in [5.74, 6) is -0.0963. The molecule has 2 aliphatic rings. The molecule has 0 spiro atoms. The highest BCUT2D eigenvalue weighted by Crippen LogP contribution is 2.47. The first kappa shape index (κ1) is 24.3. The van der Waals surface area contributed by atoms with Crippen molar-refractivity contribution in [1.29, 1.82) is 5.26 Å². The largest absolute Gasteiger partial charge is 0.384 e. The zero-order valence-corrected chi connectivity index (χ0v) is 21.4. The topological polar surface area (TPSA) is 113 Å². The highest BCUT2D eigenvalue weighted by Gasteiger charge is 2.41. The Labute approximate surface area is 221 Å². The number of carbonyl (C=O) groups excluding carboxylic acids is 2. The van der Waals surface area contributed by atoms with Gasteiger partial charge in [-0.3, -0.25) is 14.5 Å². The van der Waals surface area contributed by atoms with E-state index in [1.807, 2.05) is 30.3 Å². The van der Waals surface area contributed by atoms with Crippen molar-refractivity contribution in [3.05, 3.63) is 93.4 Å². The van der Waals surface area contributed by atoms with Crippen LogP contribution in [-0.2, 0) is 4.79 Å². The van der Waals surface area contributed by atoms with E-state index in [4.69, 9.17) is 17.3 Å². The predicted molar refractivity (Wildman–Crippen MR) is 141 cm³/mol. The molecule has 0 bridgehead atoms. The van der Waals surface area contributed by atoms with E-state index in [2.05, 4.69) is 16.3 Å². The van der Waals surface area contributed by atoms with Gasteiger partial charge in [0.05, 0.1) is 23.3 Å². The lowest BCUT2D eigenvalue weighted by Gasteiger charge is -2.38. The van der Waals surface area contributed by atoms with Gasteiger partial charge in [-0.05, 0) is 42.7 Å². The van der Waals surface area contributed by atoms with Crippen LogP contribution in [0, 0.1) is 11.3 Å². The fourth-order valence-electron chi connectivity index (χ4n) is 4.48. The first-order valence-electron chi connectivity index (χ1n) is 11.2. The summed E-state index contributed by atoms with van der Waals surface area (Å²) in [5.41, 5.74) is 9.68. The summed E-state index contributed by atoms with van der Waals surface area (Å²) in [6, 6.07) is 18.5. The minimum Gasteiger partial charge on any atom is -0.384 e. The molecule has 1 atom stereocenters. The Morgan fingerprint density at radius 1 is 1.17 bits per heavy atom. The second-order valence-electron chi connectivity index (χ2n) is 8.30. The minimum atomic E-state index is -0.506. The van der Waals surface area contributed by atoms with E-state index in [0.29, 0.717) is 50.5 Å². The van der Waals surface area contributed by atoms with Crippen molar-refractivity contribution in [2.75, 3.05) is 10.7 Å². The summed E-state index contributed by atoms with van der Waals surface area (Å²) in [5, 5.41) is 19.7. The van der Waals surface area contributed by atoms with E-state index in [1.54, 1.807) is 29.2 Å². The van der Waals surface area contributed by atoms with Crippen molar-refractivity contribution in [2.45, 2.75) is 29.5 Å². The smallest absolute Gasteiger partial charge is 0.219 e. The molecule has 0 amide bonds. The van der Waals surface area contributed by atoms with Gasteiger partial charge < -0.3 is 5.73 Å². The average molecular weight is 534 g/mol. The zero-order valence-electron chi connectivity index (χ0n) is 19.0. The Hall–Kier alpha value is -3.45. The molecular weight excluding hydrogens is 514 g/mol. The second-order valence-corrected chi connectivity index (χ2v) is 10.9. The molecule has 0 fully saturated rings. The van der Waals surface area contributed by atoms with E-state index in [1.165, 1.54) is 23.1 Å². The molecule has 1 aromatic heterocycles. The third kappa shape index (κ3) is 4.55. The van der Waals surface area contributed by atoms with E-state index in [0.717, 1.165) is 11.3 Å². The van der Waals surface area contributed by atoms with Gasteiger partial charge in [0.15, 0.2) is 15.9 Å². The average Bonchev–Trinajstić information content (AvgIpc) is 3.36. The summed E-state index contributed by atoms with van der Waals surface area (Å²) >= 11 is 8.46. The van der Waals surface area contributed by atoms with E-state index >= 15 is 0 Å². The van der Waals surface area contributed by atoms with Crippen LogP contribution >= 0.6 is 34.7 Å². The van der Waals surface area contributed by atoms with Gasteiger partial charge in [-0.1, -0.05) is 65.0 Å². The number of anilines is 1. The lowest BCUT2D eigenvalue weighted by Crippen LogP contribution is -2.38. The van der Waals surface area contributed by atoms with Gasteiger partial charge in [0.2, 0.25) is 5.13 Å². The number of thioether (sulfide) groups is 1. The van der Waals surface area contributed by atoms with Gasteiger partial charge >= 0.3 is 0 Å². The molecule has 3 aromatic rings. The molecular formula is C26H20ClN5O2S2. The van der Waals surface area contributed by atoms with Crippen LogP contribution in [0.5, 0.6) is 0 Å². The highest BCUT2D eigenvalue weighted by atomic mass is 35.5. The number of nitriles is 1. The third-order valence-corrected chi connectivity index (χ3v) is 8.42. The number of ketones is 2. The van der Waals surface area contributed by atoms with E-state index in [-0.39, 0.29) is 23.1 Å². The molecule has 1 aliphatic heterocycles. The summed E-state index contributed by atoms with van der Waals surface area (Å²) < 4.78 is 0.591. The van der Waals surface area contributed by atoms with E-state index < -0.39 is 5.92 Å². The highest BCUT2D eigenvalue weighted by molar-refractivity contribution is 8.01. The van der Waals surface area contributed by atoms with Gasteiger partial charge in [-0.25, -0.2) is 0 Å². The number of carbonyl (C=O) groups is 2. The number of nitrogens with two attached hydrogens (primary N) is 1. The first-order chi connectivity index (χ1) is 17.5. The van der Waals surface area contributed by atoms with Crippen LogP contribution in [0.15, 0.2) is 81.6 Å². The fourth-order valence-corrected chi connectivity index (χ4v) is 6.38. The molecule has 2 aromatic carbocycles. The van der Waals surface area contributed by atoms with Crippen molar-refractivity contribution in [3.8, 4) is 6.07 Å². The third-order valence-electron chi connectivity index (χ3n) is 6.13. The molecule has 2 N–H and O–H groups in total. The van der Waals surface area contributed by atoms with Crippen molar-refractivity contribution >= 4 is 51.4 Å². The number of nitrogens with zero attached hydrogens (tertiary/aromatic N) is 4. The lowest BCUT2D eigenvalue weighted by atomic mass is 9.76. The Morgan fingerprint density at radius 3 is 2.64 bits per heavy atom. The molecule has 0 radical (unpaired) electrons. The number of aromatic nitrogens is 2. The van der Waals surface area contributed by atoms with Gasteiger partial charge in [-0.15, -0.1) is 10.2 Å². The van der Waals surface area contributed by atoms with Crippen LogP contribution in [0.4, 0.5) is 5.13 Å². The van der Waals surface area contributed by atoms with Crippen LogP contribution < -0.4 is 10.6 Å². The maximum atomic E-state index is 13.2. The van der Waals surface area contributed by atoms with Crippen LogP contribution in [-0.4, -0.2) is 27.5 Å². The molecule has 36 heavy (non-hydrogen) atoms. The number of benzene rings is 2. The second kappa shape index (κ2) is 10.3. The predicted octanol–water partition coefficient (Wildman–Crippen LogP) is 5.47. The van der Waals surface area contributed by atoms with Crippen molar-refractivity contribution in [2.24, 2.45) is 5.73 Å². The van der Waals surface area contributed by atoms with Crippen LogP contribution in [0.25, 0.3) is 0 Å². The van der Waals surface area contributed by atoms with Crippen LogP contribution in [0.3, 0.4) is 0 Å². The van der Waals surface area contributed by atoms with Gasteiger partial charge in [-0.2, -0.15) is 5.26 Å². The molecule has 5 rings (SSSR count). The molecule has 0 saturated heterocycles. The maximum absolute atomic E-state index is 13.2. The lowest BCUT2D eigenvalue weighted by molar-refractivity contribution is -0.116. The van der Waals surface area contributed by atoms with Crippen molar-refractivity contribution < 1.29 is 9.59 Å². The SMILES string of the molecule is N#CC1=C(N)N(c2nnc(SCC(=O)c3ccc(Cl)cc3)s2)C2=C(C(=O)CCC2)C1c1ccccc1. The number of rotatable bonds is 6. The van der Waals surface area contributed by atoms with Gasteiger partial charge in [0.1, 0.15) is 5.82 Å². The molecule has 180 valence electrons. The molecule has 0 saturated carbocycles. The van der Waals surface area contributed by atoms with E-state index in [9.17, 15) is 14.9 Å². The normalized spacial score (nSPS) is 17.7. The number of hydrogen-bond acceptors (Lipinski definition) is 9. The Morgan fingerprint density at radius 2 is 1.92 bits per heavy atom. The molecule has 10 heteroatoms. The molecule has 7 nitrogen and oxygen atoms in total. The number of Topliss-reactive ketones (excluding diaryl/α,β-unsaturated/α-hetero) is 2. The Kier molecular flexibility index (Phi) is 6.92. The fraction of sp³-hybridized carbons (Fsp3) is 0.192. The molecule has 1 unspecified atom stereocenters. The zero-order chi connectivity index (χ0) is 25.2. The van der Waals surface area contributed by atoms with Crippen molar-refractivity contribution in [1.82, 2.24) is 10.2 Å². The summed E-state index contributed by atoms with van der Waals surface area (Å²) in [7, 11) is 0. The van der Waals surface area contributed by atoms with Gasteiger partial charge in [0, 0.05) is 28.3 Å². The monoisotopic (exact) mass is 533 g/mol. The summed E-state index contributed by atoms with van der Waals surface area (Å²) in [6.07, 6.45) is 1.76. The molecule has 1 aliphatic carbocycles. The quantitative estimate of drug-likeness (QED) is 0.328. The summed E-state index contributed by atoms with van der Waals surface area (Å²) in [6.45, 7) is 0. The number of allylic oxidation sites excluding steroid dienone is 3. The number of halogens is 1. The first-order valence-corrected chi connectivity index (χ1v) is 13.4. The van der Waals surface area contributed by atoms with Crippen LogP contribution in [0.2, 0.25) is 5.02 Å². The van der Waals surface area contributed by atoms with Gasteiger partial charge in [0.25, 0.3) is 0 Å². The van der Waals surface area contributed by atoms with Crippen molar-refractivity contribution in [3.63, 3.8) is 0 Å². The maximum Gasteiger partial charge on any atom is 0.219 e.